The van der Waals surface area contributed by atoms with Gasteiger partial charge in [-0.05, 0) is 44.1 Å². The van der Waals surface area contributed by atoms with E-state index in [1.807, 2.05) is 0 Å². The molecule has 0 aliphatic heterocycles. The molecule has 0 aromatic carbocycles. The van der Waals surface area contributed by atoms with Crippen molar-refractivity contribution in [3.05, 3.63) is 0 Å². The van der Waals surface area contributed by atoms with E-state index in [2.05, 4.69) is 26.1 Å². The van der Waals surface area contributed by atoms with E-state index < -0.39 is 0 Å². The Kier molecular flexibility index (Phi) is 4.39. The first kappa shape index (κ1) is 12.0. The van der Waals surface area contributed by atoms with Crippen LogP contribution in [0.2, 0.25) is 0 Å². The Balaban J connectivity index is 2.09. The smallest absolute Gasteiger partial charge is 0.00225 e. The van der Waals surface area contributed by atoms with Crippen molar-refractivity contribution in [1.29, 1.82) is 0 Å². The second-order valence-corrected chi connectivity index (χ2v) is 5.56. The van der Waals surface area contributed by atoms with E-state index in [4.69, 9.17) is 5.73 Å². The summed E-state index contributed by atoms with van der Waals surface area (Å²) in [4.78, 5) is 0. The van der Waals surface area contributed by atoms with Gasteiger partial charge in [-0.1, -0.05) is 20.3 Å². The van der Waals surface area contributed by atoms with Gasteiger partial charge in [-0.15, -0.1) is 0 Å². The van der Waals surface area contributed by atoms with Crippen molar-refractivity contribution in [3.63, 3.8) is 0 Å². The number of nitrogens with one attached hydrogen (secondary N) is 1. The highest BCUT2D eigenvalue weighted by Crippen LogP contribution is 2.41. The normalized spacial score (nSPS) is 20.6. The lowest BCUT2D eigenvalue weighted by Crippen LogP contribution is -2.39. The molecule has 0 bridgehead atoms. The molecular formula is C12H26N2. The fraction of sp³-hybridized carbons (Fsp3) is 1.00. The van der Waals surface area contributed by atoms with Crippen LogP contribution in [0.1, 0.15) is 46.5 Å². The van der Waals surface area contributed by atoms with Crippen LogP contribution in [0.3, 0.4) is 0 Å². The zero-order chi connectivity index (χ0) is 10.6. The maximum absolute atomic E-state index is 5.70. The van der Waals surface area contributed by atoms with Gasteiger partial charge < -0.3 is 11.1 Å². The summed E-state index contributed by atoms with van der Waals surface area (Å²) >= 11 is 0. The molecule has 1 aliphatic carbocycles. The first-order chi connectivity index (χ1) is 6.52. The Morgan fingerprint density at radius 1 is 1.43 bits per heavy atom. The van der Waals surface area contributed by atoms with Crippen LogP contribution in [0.25, 0.3) is 0 Å². The highest BCUT2D eigenvalue weighted by atomic mass is 14.9. The predicted octanol–water partition coefficient (Wildman–Crippen LogP) is 2.14. The SMILES string of the molecule is CC(N)CCNCC(C)(C)C1CCC1. The van der Waals surface area contributed by atoms with Crippen molar-refractivity contribution in [2.45, 2.75) is 52.5 Å². The average Bonchev–Trinajstić information content (AvgIpc) is 1.93. The molecule has 0 amide bonds. The van der Waals surface area contributed by atoms with Gasteiger partial charge in [0.05, 0.1) is 0 Å². The maximum atomic E-state index is 5.70. The summed E-state index contributed by atoms with van der Waals surface area (Å²) in [6.07, 6.45) is 5.39. The summed E-state index contributed by atoms with van der Waals surface area (Å²) in [5.41, 5.74) is 6.18. The molecule has 84 valence electrons. The van der Waals surface area contributed by atoms with Crippen LogP contribution in [-0.2, 0) is 0 Å². The summed E-state index contributed by atoms with van der Waals surface area (Å²) in [5, 5.41) is 3.53. The molecule has 14 heavy (non-hydrogen) atoms. The van der Waals surface area contributed by atoms with E-state index in [1.165, 1.54) is 19.3 Å². The zero-order valence-electron chi connectivity index (χ0n) is 9.97. The first-order valence-electron chi connectivity index (χ1n) is 5.98. The molecule has 2 heteroatoms. The van der Waals surface area contributed by atoms with Crippen molar-refractivity contribution in [2.75, 3.05) is 13.1 Å². The van der Waals surface area contributed by atoms with E-state index in [9.17, 15) is 0 Å². The summed E-state index contributed by atoms with van der Waals surface area (Å²) in [6.45, 7) is 9.04. The van der Waals surface area contributed by atoms with Gasteiger partial charge in [0.15, 0.2) is 0 Å². The number of hydrogen-bond acceptors (Lipinski definition) is 2. The molecule has 1 rings (SSSR count). The molecule has 1 saturated carbocycles. The van der Waals surface area contributed by atoms with E-state index in [0.29, 0.717) is 11.5 Å². The topological polar surface area (TPSA) is 38.0 Å². The van der Waals surface area contributed by atoms with Crippen LogP contribution >= 0.6 is 0 Å². The van der Waals surface area contributed by atoms with Gasteiger partial charge in [0.2, 0.25) is 0 Å². The third-order valence-corrected chi connectivity index (χ3v) is 3.57. The lowest BCUT2D eigenvalue weighted by molar-refractivity contribution is 0.119. The number of rotatable bonds is 6. The molecule has 2 nitrogen and oxygen atoms in total. The van der Waals surface area contributed by atoms with Gasteiger partial charge >= 0.3 is 0 Å². The Morgan fingerprint density at radius 2 is 2.07 bits per heavy atom. The fourth-order valence-electron chi connectivity index (χ4n) is 2.07. The quantitative estimate of drug-likeness (QED) is 0.642. The van der Waals surface area contributed by atoms with Crippen LogP contribution in [0.4, 0.5) is 0 Å². The number of nitrogens with two attached hydrogens (primary N) is 1. The van der Waals surface area contributed by atoms with Crippen LogP contribution in [0, 0.1) is 11.3 Å². The highest BCUT2D eigenvalue weighted by Gasteiger charge is 2.33. The highest BCUT2D eigenvalue weighted by molar-refractivity contribution is 4.85. The minimum absolute atomic E-state index is 0.328. The van der Waals surface area contributed by atoms with Gasteiger partial charge in [0, 0.05) is 12.6 Å². The molecular weight excluding hydrogens is 172 g/mol. The summed E-state index contributed by atoms with van der Waals surface area (Å²) < 4.78 is 0. The van der Waals surface area contributed by atoms with Crippen molar-refractivity contribution >= 4 is 0 Å². The molecule has 1 atom stereocenters. The Morgan fingerprint density at radius 3 is 2.50 bits per heavy atom. The lowest BCUT2D eigenvalue weighted by Gasteiger charge is -2.40. The predicted molar refractivity (Wildman–Crippen MR) is 62.3 cm³/mol. The number of hydrogen-bond donors (Lipinski definition) is 2. The molecule has 1 fully saturated rings. The third-order valence-electron chi connectivity index (χ3n) is 3.57. The van der Waals surface area contributed by atoms with Crippen LogP contribution in [-0.4, -0.2) is 19.1 Å². The van der Waals surface area contributed by atoms with Gasteiger partial charge in [-0.25, -0.2) is 0 Å². The third kappa shape index (κ3) is 3.58. The minimum Gasteiger partial charge on any atom is -0.328 e. The molecule has 1 aliphatic rings. The molecule has 0 spiro atoms. The van der Waals surface area contributed by atoms with Crippen LogP contribution in [0.15, 0.2) is 0 Å². The molecule has 3 N–H and O–H groups in total. The van der Waals surface area contributed by atoms with Crippen molar-refractivity contribution in [2.24, 2.45) is 17.1 Å². The average molecular weight is 198 g/mol. The lowest BCUT2D eigenvalue weighted by atomic mass is 9.67. The van der Waals surface area contributed by atoms with Crippen LogP contribution < -0.4 is 11.1 Å². The van der Waals surface area contributed by atoms with E-state index in [-0.39, 0.29) is 0 Å². The second kappa shape index (κ2) is 5.13. The first-order valence-corrected chi connectivity index (χ1v) is 5.98. The standard InChI is InChI=1S/C12H26N2/c1-10(13)7-8-14-9-12(2,3)11-5-4-6-11/h10-11,14H,4-9,13H2,1-3H3. The second-order valence-electron chi connectivity index (χ2n) is 5.56. The molecule has 0 heterocycles. The van der Waals surface area contributed by atoms with Gasteiger partial charge in [0.25, 0.3) is 0 Å². The minimum atomic E-state index is 0.328. The molecule has 0 radical (unpaired) electrons. The molecule has 0 saturated heterocycles. The summed E-state index contributed by atoms with van der Waals surface area (Å²) in [7, 11) is 0. The maximum Gasteiger partial charge on any atom is 0.00225 e. The Bertz CT molecular complexity index is 160. The molecule has 0 aromatic rings. The zero-order valence-corrected chi connectivity index (χ0v) is 9.97. The monoisotopic (exact) mass is 198 g/mol. The van der Waals surface area contributed by atoms with Crippen molar-refractivity contribution in [3.8, 4) is 0 Å². The van der Waals surface area contributed by atoms with Gasteiger partial charge in [-0.2, -0.15) is 0 Å². The Hall–Kier alpha value is -0.0800. The van der Waals surface area contributed by atoms with E-state index in [1.54, 1.807) is 0 Å². The van der Waals surface area contributed by atoms with E-state index >= 15 is 0 Å². The summed E-state index contributed by atoms with van der Waals surface area (Å²) in [5.74, 6) is 0.949. The van der Waals surface area contributed by atoms with Gasteiger partial charge in [-0.3, -0.25) is 0 Å². The van der Waals surface area contributed by atoms with Crippen molar-refractivity contribution in [1.82, 2.24) is 5.32 Å². The largest absolute Gasteiger partial charge is 0.328 e. The van der Waals surface area contributed by atoms with Crippen molar-refractivity contribution < 1.29 is 0 Å². The molecule has 1 unspecified atom stereocenters. The summed E-state index contributed by atoms with van der Waals surface area (Å²) in [6, 6.07) is 0.328. The Labute approximate surface area is 88.6 Å². The fourth-order valence-corrected chi connectivity index (χ4v) is 2.07. The van der Waals surface area contributed by atoms with Crippen LogP contribution in [0.5, 0.6) is 0 Å². The van der Waals surface area contributed by atoms with Gasteiger partial charge in [0.1, 0.15) is 0 Å². The molecule has 0 aromatic heterocycles. The van der Waals surface area contributed by atoms with E-state index in [0.717, 1.165) is 25.4 Å².